The van der Waals surface area contributed by atoms with E-state index in [4.69, 9.17) is 0 Å². The van der Waals surface area contributed by atoms with Crippen LogP contribution >= 0.6 is 0 Å². The van der Waals surface area contributed by atoms with Crippen LogP contribution in [0.15, 0.2) is 29.2 Å². The van der Waals surface area contributed by atoms with Crippen molar-refractivity contribution in [3.63, 3.8) is 0 Å². The van der Waals surface area contributed by atoms with Crippen LogP contribution < -0.4 is 0 Å². The Morgan fingerprint density at radius 2 is 1.89 bits per heavy atom. The van der Waals surface area contributed by atoms with Crippen molar-refractivity contribution >= 4 is 10.0 Å². The van der Waals surface area contributed by atoms with Crippen LogP contribution in [0.2, 0.25) is 0 Å². The van der Waals surface area contributed by atoms with Crippen LogP contribution in [-0.2, 0) is 16.6 Å². The summed E-state index contributed by atoms with van der Waals surface area (Å²) in [6, 6.07) is 6.64. The van der Waals surface area contributed by atoms with Crippen molar-refractivity contribution < 1.29 is 13.5 Å². The Morgan fingerprint density at radius 3 is 2.63 bits per heavy atom. The average molecular weight is 284 g/mol. The molecular weight excluding hydrogens is 264 g/mol. The van der Waals surface area contributed by atoms with Gasteiger partial charge in [0.1, 0.15) is 0 Å². The minimum Gasteiger partial charge on any atom is -0.392 e. The number of likely N-dealkylation sites (N-methyl/N-ethyl adjacent to an activating group) is 1. The molecule has 1 saturated heterocycles. The SMILES string of the molecule is CN1CCCN(S(=O)(=O)c2ccccc2CO)CC1. The zero-order chi connectivity index (χ0) is 13.9. The zero-order valence-corrected chi connectivity index (χ0v) is 11.9. The Morgan fingerprint density at radius 1 is 1.16 bits per heavy atom. The van der Waals surface area contributed by atoms with Gasteiger partial charge in [0, 0.05) is 19.6 Å². The van der Waals surface area contributed by atoms with E-state index in [-0.39, 0.29) is 11.5 Å². The fraction of sp³-hybridized carbons (Fsp3) is 0.538. The van der Waals surface area contributed by atoms with Gasteiger partial charge in [0.2, 0.25) is 10.0 Å². The van der Waals surface area contributed by atoms with Crippen LogP contribution in [-0.4, -0.2) is 56.0 Å². The molecule has 0 spiro atoms. The molecule has 1 aliphatic heterocycles. The summed E-state index contributed by atoms with van der Waals surface area (Å²) in [6.45, 7) is 2.42. The van der Waals surface area contributed by atoms with E-state index in [1.165, 1.54) is 4.31 Å². The highest BCUT2D eigenvalue weighted by Gasteiger charge is 2.27. The largest absolute Gasteiger partial charge is 0.392 e. The number of sulfonamides is 1. The molecule has 5 nitrogen and oxygen atoms in total. The van der Waals surface area contributed by atoms with E-state index in [1.54, 1.807) is 24.3 Å². The van der Waals surface area contributed by atoms with E-state index in [9.17, 15) is 13.5 Å². The lowest BCUT2D eigenvalue weighted by molar-refractivity contribution is 0.278. The molecule has 0 unspecified atom stereocenters. The first-order valence-electron chi connectivity index (χ1n) is 6.43. The van der Waals surface area contributed by atoms with Crippen molar-refractivity contribution in [2.24, 2.45) is 0 Å². The van der Waals surface area contributed by atoms with Crippen LogP contribution in [0.4, 0.5) is 0 Å². The standard InChI is InChI=1S/C13H20N2O3S/c1-14-7-4-8-15(10-9-14)19(17,18)13-6-3-2-5-12(13)11-16/h2-3,5-6,16H,4,7-11H2,1H3. The minimum absolute atomic E-state index is 0.224. The van der Waals surface area contributed by atoms with Gasteiger partial charge in [0.05, 0.1) is 11.5 Å². The van der Waals surface area contributed by atoms with E-state index in [0.717, 1.165) is 19.5 Å². The Hall–Kier alpha value is -0.950. The van der Waals surface area contributed by atoms with Crippen molar-refractivity contribution in [2.45, 2.75) is 17.9 Å². The summed E-state index contributed by atoms with van der Waals surface area (Å²) in [6.07, 6.45) is 0.830. The maximum absolute atomic E-state index is 12.6. The molecule has 1 aromatic carbocycles. The van der Waals surface area contributed by atoms with Gasteiger partial charge in [-0.3, -0.25) is 0 Å². The van der Waals surface area contributed by atoms with Crippen LogP contribution in [0.25, 0.3) is 0 Å². The van der Waals surface area contributed by atoms with E-state index >= 15 is 0 Å². The maximum atomic E-state index is 12.6. The molecule has 0 amide bonds. The van der Waals surface area contributed by atoms with E-state index in [1.807, 2.05) is 7.05 Å². The second kappa shape index (κ2) is 6.00. The first-order valence-corrected chi connectivity index (χ1v) is 7.87. The normalized spacial score (nSPS) is 19.3. The fourth-order valence-electron chi connectivity index (χ4n) is 2.29. The Bertz CT molecular complexity index is 530. The molecule has 2 rings (SSSR count). The highest BCUT2D eigenvalue weighted by Crippen LogP contribution is 2.21. The van der Waals surface area contributed by atoms with E-state index in [2.05, 4.69) is 4.90 Å². The van der Waals surface area contributed by atoms with Crippen molar-refractivity contribution in [1.29, 1.82) is 0 Å². The van der Waals surface area contributed by atoms with Crippen molar-refractivity contribution in [3.05, 3.63) is 29.8 Å². The maximum Gasteiger partial charge on any atom is 0.243 e. The third-order valence-corrected chi connectivity index (χ3v) is 5.44. The van der Waals surface area contributed by atoms with Crippen molar-refractivity contribution in [2.75, 3.05) is 33.2 Å². The molecule has 19 heavy (non-hydrogen) atoms. The van der Waals surface area contributed by atoms with Crippen LogP contribution in [0, 0.1) is 0 Å². The third kappa shape index (κ3) is 3.14. The highest BCUT2D eigenvalue weighted by atomic mass is 32.2. The Kier molecular flexibility index (Phi) is 4.57. The highest BCUT2D eigenvalue weighted by molar-refractivity contribution is 7.89. The number of nitrogens with zero attached hydrogens (tertiary/aromatic N) is 2. The van der Waals surface area contributed by atoms with E-state index in [0.29, 0.717) is 18.7 Å². The van der Waals surface area contributed by atoms with Gasteiger partial charge in [-0.25, -0.2) is 8.42 Å². The molecule has 1 fully saturated rings. The summed E-state index contributed by atoms with van der Waals surface area (Å²) in [5.41, 5.74) is 0.458. The van der Waals surface area contributed by atoms with Crippen molar-refractivity contribution in [1.82, 2.24) is 9.21 Å². The summed E-state index contributed by atoms with van der Waals surface area (Å²) in [5, 5.41) is 9.29. The molecule has 6 heteroatoms. The Labute approximate surface area is 114 Å². The van der Waals surface area contributed by atoms with Crippen molar-refractivity contribution in [3.8, 4) is 0 Å². The number of rotatable bonds is 3. The van der Waals surface area contributed by atoms with Crippen LogP contribution in [0.3, 0.4) is 0 Å². The second-order valence-electron chi connectivity index (χ2n) is 4.83. The summed E-state index contributed by atoms with van der Waals surface area (Å²) in [4.78, 5) is 2.36. The van der Waals surface area contributed by atoms with Crippen LogP contribution in [0.1, 0.15) is 12.0 Å². The molecule has 0 bridgehead atoms. The minimum atomic E-state index is -3.50. The van der Waals surface area contributed by atoms with E-state index < -0.39 is 10.0 Å². The van der Waals surface area contributed by atoms with Crippen LogP contribution in [0.5, 0.6) is 0 Å². The molecule has 0 atom stereocenters. The molecule has 0 saturated carbocycles. The number of aliphatic hydroxyl groups is 1. The predicted octanol–water partition coefficient (Wildman–Crippen LogP) is 0.505. The quantitative estimate of drug-likeness (QED) is 0.878. The smallest absolute Gasteiger partial charge is 0.243 e. The monoisotopic (exact) mass is 284 g/mol. The molecule has 1 aliphatic rings. The first kappa shape index (κ1) is 14.5. The van der Waals surface area contributed by atoms with Gasteiger partial charge in [-0.05, 0) is 31.6 Å². The molecule has 1 heterocycles. The van der Waals surface area contributed by atoms with Gasteiger partial charge >= 0.3 is 0 Å². The average Bonchev–Trinajstić information content (AvgIpc) is 2.64. The van der Waals surface area contributed by atoms with Gasteiger partial charge in [-0.15, -0.1) is 0 Å². The molecule has 0 radical (unpaired) electrons. The molecule has 1 N–H and O–H groups in total. The van der Waals surface area contributed by atoms with Gasteiger partial charge in [0.15, 0.2) is 0 Å². The predicted molar refractivity (Wildman–Crippen MR) is 73.2 cm³/mol. The molecule has 0 aliphatic carbocycles. The fourth-order valence-corrected chi connectivity index (χ4v) is 3.97. The summed E-state index contributed by atoms with van der Waals surface area (Å²) in [5.74, 6) is 0. The van der Waals surface area contributed by atoms with Gasteiger partial charge in [0.25, 0.3) is 0 Å². The van der Waals surface area contributed by atoms with Gasteiger partial charge < -0.3 is 10.0 Å². The number of aliphatic hydroxyl groups excluding tert-OH is 1. The summed E-state index contributed by atoms with van der Waals surface area (Å²) in [7, 11) is -1.51. The van der Waals surface area contributed by atoms with Gasteiger partial charge in [-0.1, -0.05) is 18.2 Å². The molecular formula is C13H20N2O3S. The second-order valence-corrected chi connectivity index (χ2v) is 6.73. The Balaban J connectivity index is 2.31. The summed E-state index contributed by atoms with van der Waals surface area (Å²) >= 11 is 0. The number of hydrogen-bond donors (Lipinski definition) is 1. The topological polar surface area (TPSA) is 60.9 Å². The molecule has 1 aromatic rings. The number of benzene rings is 1. The van der Waals surface area contributed by atoms with Gasteiger partial charge in [-0.2, -0.15) is 4.31 Å². The zero-order valence-electron chi connectivity index (χ0n) is 11.1. The lowest BCUT2D eigenvalue weighted by Gasteiger charge is -2.21. The number of hydrogen-bond acceptors (Lipinski definition) is 4. The third-order valence-electron chi connectivity index (χ3n) is 3.44. The first-order chi connectivity index (χ1) is 9.05. The summed E-state index contributed by atoms with van der Waals surface area (Å²) < 4.78 is 26.8. The molecule has 106 valence electrons. The lowest BCUT2D eigenvalue weighted by Crippen LogP contribution is -2.35. The lowest BCUT2D eigenvalue weighted by atomic mass is 10.2. The molecule has 0 aromatic heterocycles.